The van der Waals surface area contributed by atoms with Crippen molar-refractivity contribution in [3.05, 3.63) is 15.6 Å². The molecule has 0 aromatic carbocycles. The van der Waals surface area contributed by atoms with Crippen molar-refractivity contribution in [2.45, 2.75) is 65.3 Å². The summed E-state index contributed by atoms with van der Waals surface area (Å²) in [7, 11) is 0. The van der Waals surface area contributed by atoms with Crippen molar-refractivity contribution in [3.63, 3.8) is 0 Å². The van der Waals surface area contributed by atoms with Gasteiger partial charge >= 0.3 is 5.97 Å². The molecular weight excluding hydrogens is 288 g/mol. The summed E-state index contributed by atoms with van der Waals surface area (Å²) < 4.78 is 0. The average Bonchev–Trinajstić information content (AvgIpc) is 2.68. The first-order valence-electron chi connectivity index (χ1n) is 6.94. The topological polar surface area (TPSA) is 79.3 Å². The molecule has 0 spiro atoms. The van der Waals surface area contributed by atoms with Crippen LogP contribution in [0.15, 0.2) is 0 Å². The van der Waals surface area contributed by atoms with E-state index in [1.165, 1.54) is 11.3 Å². The molecule has 6 heteroatoms. The number of nitrogens with one attached hydrogen (secondary N) is 1. The van der Waals surface area contributed by atoms with Gasteiger partial charge in [-0.2, -0.15) is 0 Å². The van der Waals surface area contributed by atoms with Crippen molar-refractivity contribution >= 4 is 23.2 Å². The summed E-state index contributed by atoms with van der Waals surface area (Å²) in [4.78, 5) is 28.1. The Morgan fingerprint density at radius 1 is 1.24 bits per heavy atom. The molecule has 0 unspecified atom stereocenters. The van der Waals surface area contributed by atoms with Crippen LogP contribution in [0.3, 0.4) is 0 Å². The van der Waals surface area contributed by atoms with Crippen LogP contribution >= 0.6 is 11.3 Å². The zero-order chi connectivity index (χ0) is 16.4. The van der Waals surface area contributed by atoms with Crippen molar-refractivity contribution in [2.24, 2.45) is 0 Å². The Kier molecular flexibility index (Phi) is 5.15. The number of carboxylic acid groups (broad SMARTS) is 1. The minimum absolute atomic E-state index is 0.0300. The molecule has 0 aliphatic heterocycles. The molecule has 1 heterocycles. The number of carbonyl (C=O) groups excluding carboxylic acids is 1. The van der Waals surface area contributed by atoms with Crippen molar-refractivity contribution in [2.75, 3.05) is 0 Å². The molecule has 0 bridgehead atoms. The van der Waals surface area contributed by atoms with Crippen LogP contribution in [0.5, 0.6) is 0 Å². The van der Waals surface area contributed by atoms with E-state index >= 15 is 0 Å². The maximum absolute atomic E-state index is 12.4. The molecule has 1 rings (SSSR count). The highest BCUT2D eigenvalue weighted by molar-refractivity contribution is 7.14. The molecule has 1 aromatic heterocycles. The van der Waals surface area contributed by atoms with Gasteiger partial charge in [-0.25, -0.2) is 4.98 Å². The van der Waals surface area contributed by atoms with E-state index in [0.717, 1.165) is 10.7 Å². The number of rotatable bonds is 5. The van der Waals surface area contributed by atoms with E-state index in [4.69, 9.17) is 5.11 Å². The van der Waals surface area contributed by atoms with Crippen molar-refractivity contribution < 1.29 is 14.7 Å². The van der Waals surface area contributed by atoms with Crippen LogP contribution in [-0.4, -0.2) is 27.5 Å². The molecule has 0 saturated heterocycles. The van der Waals surface area contributed by atoms with Crippen LogP contribution in [0, 0.1) is 6.92 Å². The predicted molar refractivity (Wildman–Crippen MR) is 84.0 cm³/mol. The number of hydrogen-bond acceptors (Lipinski definition) is 4. The number of aromatic nitrogens is 1. The first-order chi connectivity index (χ1) is 9.42. The number of aryl methyl sites for hydroxylation is 1. The van der Waals surface area contributed by atoms with Gasteiger partial charge in [0.1, 0.15) is 4.88 Å². The maximum atomic E-state index is 12.4. The molecule has 0 aliphatic carbocycles. The molecular formula is C15H24N2O3S. The first kappa shape index (κ1) is 17.6. The maximum Gasteiger partial charge on any atom is 0.303 e. The number of carboxylic acids is 1. The summed E-state index contributed by atoms with van der Waals surface area (Å²) >= 11 is 1.40. The molecule has 1 aromatic rings. The van der Waals surface area contributed by atoms with Crippen LogP contribution < -0.4 is 5.32 Å². The fraction of sp³-hybridized carbons (Fsp3) is 0.667. The zero-order valence-electron chi connectivity index (χ0n) is 13.5. The molecule has 21 heavy (non-hydrogen) atoms. The lowest BCUT2D eigenvalue weighted by Crippen LogP contribution is -2.43. The Bertz CT molecular complexity index is 542. The summed E-state index contributed by atoms with van der Waals surface area (Å²) in [5.41, 5.74) is 0.0667. The van der Waals surface area contributed by atoms with Gasteiger partial charge in [-0.05, 0) is 27.2 Å². The van der Waals surface area contributed by atoms with E-state index in [1.54, 1.807) is 0 Å². The number of nitrogens with zero attached hydrogens (tertiary/aromatic N) is 1. The summed E-state index contributed by atoms with van der Waals surface area (Å²) in [6.07, 6.45) is 0.417. The van der Waals surface area contributed by atoms with Crippen LogP contribution in [0.4, 0.5) is 0 Å². The number of aliphatic carboxylic acids is 1. The lowest BCUT2D eigenvalue weighted by molar-refractivity contribution is -0.137. The average molecular weight is 312 g/mol. The minimum Gasteiger partial charge on any atom is -0.481 e. The molecule has 1 amide bonds. The van der Waals surface area contributed by atoms with E-state index < -0.39 is 11.5 Å². The molecule has 0 fully saturated rings. The summed E-state index contributed by atoms with van der Waals surface area (Å²) in [6.45, 7) is 11.7. The van der Waals surface area contributed by atoms with E-state index in [-0.39, 0.29) is 17.7 Å². The monoisotopic (exact) mass is 312 g/mol. The Morgan fingerprint density at radius 3 is 2.24 bits per heavy atom. The molecule has 118 valence electrons. The highest BCUT2D eigenvalue weighted by Gasteiger charge is 2.27. The lowest BCUT2D eigenvalue weighted by Gasteiger charge is -2.25. The third kappa shape index (κ3) is 5.12. The minimum atomic E-state index is -0.860. The SMILES string of the molecule is Cc1nc(C(C)(C)C)sc1C(=O)NC(C)(C)CCC(=O)O. The Balaban J connectivity index is 2.85. The van der Waals surface area contributed by atoms with Gasteiger partial charge < -0.3 is 10.4 Å². The zero-order valence-corrected chi connectivity index (χ0v) is 14.3. The number of thiazole rings is 1. The second kappa shape index (κ2) is 6.13. The molecule has 5 nitrogen and oxygen atoms in total. The predicted octanol–water partition coefficient (Wildman–Crippen LogP) is 3.12. The Morgan fingerprint density at radius 2 is 1.81 bits per heavy atom. The second-order valence-electron chi connectivity index (χ2n) is 6.92. The van der Waals surface area contributed by atoms with Gasteiger partial charge in [0.25, 0.3) is 5.91 Å². The van der Waals surface area contributed by atoms with Gasteiger partial charge in [-0.3, -0.25) is 9.59 Å². The quantitative estimate of drug-likeness (QED) is 0.875. The first-order valence-corrected chi connectivity index (χ1v) is 7.76. The lowest BCUT2D eigenvalue weighted by atomic mass is 9.98. The molecule has 0 aliphatic rings. The Labute approximate surface area is 129 Å². The fourth-order valence-electron chi connectivity index (χ4n) is 1.77. The highest BCUT2D eigenvalue weighted by atomic mass is 32.1. The van der Waals surface area contributed by atoms with Gasteiger partial charge in [-0.1, -0.05) is 20.8 Å². The summed E-state index contributed by atoms with van der Waals surface area (Å²) in [5, 5.41) is 12.6. The van der Waals surface area contributed by atoms with Gasteiger partial charge in [0.15, 0.2) is 0 Å². The third-order valence-electron chi connectivity index (χ3n) is 3.06. The van der Waals surface area contributed by atoms with Crippen molar-refractivity contribution in [1.29, 1.82) is 0 Å². The fourth-order valence-corrected chi connectivity index (χ4v) is 2.79. The number of carbonyl (C=O) groups is 2. The van der Waals surface area contributed by atoms with Crippen LogP contribution in [0.1, 0.15) is 67.8 Å². The van der Waals surface area contributed by atoms with Crippen molar-refractivity contribution in [3.8, 4) is 0 Å². The van der Waals surface area contributed by atoms with Gasteiger partial charge in [0.05, 0.1) is 10.7 Å². The molecule has 0 saturated carbocycles. The Hall–Kier alpha value is -1.43. The van der Waals surface area contributed by atoms with Gasteiger partial charge in [0, 0.05) is 17.4 Å². The van der Waals surface area contributed by atoms with Crippen molar-refractivity contribution in [1.82, 2.24) is 10.3 Å². The van der Waals surface area contributed by atoms with Gasteiger partial charge in [-0.15, -0.1) is 11.3 Å². The van der Waals surface area contributed by atoms with E-state index in [0.29, 0.717) is 11.3 Å². The largest absolute Gasteiger partial charge is 0.481 e. The third-order valence-corrected chi connectivity index (χ3v) is 4.64. The second-order valence-corrected chi connectivity index (χ2v) is 7.91. The van der Waals surface area contributed by atoms with Gasteiger partial charge in [0.2, 0.25) is 0 Å². The molecule has 2 N–H and O–H groups in total. The highest BCUT2D eigenvalue weighted by Crippen LogP contribution is 2.29. The van der Waals surface area contributed by atoms with E-state index in [9.17, 15) is 9.59 Å². The number of amides is 1. The number of hydrogen-bond donors (Lipinski definition) is 2. The van der Waals surface area contributed by atoms with Crippen LogP contribution in [0.25, 0.3) is 0 Å². The van der Waals surface area contributed by atoms with Crippen LogP contribution in [0.2, 0.25) is 0 Å². The molecule has 0 atom stereocenters. The summed E-state index contributed by atoms with van der Waals surface area (Å²) in [6, 6.07) is 0. The van der Waals surface area contributed by atoms with Crippen LogP contribution in [-0.2, 0) is 10.2 Å². The molecule has 0 radical (unpaired) electrons. The smallest absolute Gasteiger partial charge is 0.303 e. The van der Waals surface area contributed by atoms with E-state index in [1.807, 2.05) is 20.8 Å². The van der Waals surface area contributed by atoms with E-state index in [2.05, 4.69) is 31.1 Å². The standard InChI is InChI=1S/C15H24N2O3S/c1-9-11(21-13(16-9)14(2,3)4)12(20)17-15(5,6)8-7-10(18)19/h7-8H2,1-6H3,(H,17,20)(H,18,19). The summed E-state index contributed by atoms with van der Waals surface area (Å²) in [5.74, 6) is -1.04. The normalized spacial score (nSPS) is 12.3.